The normalized spacial score (nSPS) is 29.0. The molecule has 39 heavy (non-hydrogen) atoms. The van der Waals surface area contributed by atoms with Gasteiger partial charge in [-0.05, 0) is 47.4 Å². The number of amides is 2. The Balaban J connectivity index is 1.45. The minimum absolute atomic E-state index is 0.0464. The fraction of sp³-hybridized carbons (Fsp3) is 0.423. The Morgan fingerprint density at radius 3 is 2.59 bits per heavy atom. The molecule has 0 bridgehead atoms. The third kappa shape index (κ3) is 4.69. The Bertz CT molecular complexity index is 1330. The van der Waals surface area contributed by atoms with Crippen LogP contribution in [0.4, 0.5) is 18.9 Å². The average Bonchev–Trinajstić information content (AvgIpc) is 3.16. The molecule has 2 amide bonds. The van der Waals surface area contributed by atoms with Gasteiger partial charge in [0.2, 0.25) is 11.8 Å². The Morgan fingerprint density at radius 1 is 1.23 bits per heavy atom. The first-order chi connectivity index (χ1) is 18.6. The van der Waals surface area contributed by atoms with Crippen molar-refractivity contribution in [3.8, 4) is 6.07 Å². The minimum Gasteiger partial charge on any atom is -0.420 e. The maximum absolute atomic E-state index is 13.8. The number of imide groups is 1. The SMILES string of the molecule is COB(I)SCCS12CCC1(COCc1ccccc1)C1C(=O)N(c3ccc(C#N)c(C(F)(F)F)c3)C(=O)C12. The molecule has 13 heteroatoms. The van der Waals surface area contributed by atoms with E-state index < -0.39 is 55.1 Å². The summed E-state index contributed by atoms with van der Waals surface area (Å²) in [4.78, 5) is 28.5. The second-order valence-corrected chi connectivity index (χ2v) is 16.9. The van der Waals surface area contributed by atoms with Crippen LogP contribution >= 0.6 is 44.0 Å². The minimum atomic E-state index is -4.79. The van der Waals surface area contributed by atoms with Crippen molar-refractivity contribution in [2.24, 2.45) is 5.92 Å². The lowest BCUT2D eigenvalue weighted by atomic mass is 9.84. The van der Waals surface area contributed by atoms with Crippen molar-refractivity contribution in [2.45, 2.75) is 29.2 Å². The van der Waals surface area contributed by atoms with Crippen molar-refractivity contribution >= 4 is 65.6 Å². The number of rotatable bonds is 10. The number of fused-ring (bicyclic) bond motifs is 4. The molecule has 5 rings (SSSR count). The molecule has 4 atom stereocenters. The molecule has 2 aromatic rings. The van der Waals surface area contributed by atoms with Crippen LogP contribution in [-0.2, 0) is 31.8 Å². The summed E-state index contributed by atoms with van der Waals surface area (Å²) in [6.07, 6.45) is -4.05. The standard InChI is InChI=1S/C26H25BF3IN2O4S2/c1-36-27(31)38-10-12-39-11-9-25(39,16-37-15-17-5-3-2-4-6-17)21-22(39)24(35)33(23(21)34)19-8-7-18(14-32)20(13-19)26(28,29)30/h2-8,13,21-22H,9-12,15-16H2,1H3. The van der Waals surface area contributed by atoms with Crippen LogP contribution < -0.4 is 4.90 Å². The topological polar surface area (TPSA) is 79.6 Å². The maximum Gasteiger partial charge on any atom is 0.434 e. The summed E-state index contributed by atoms with van der Waals surface area (Å²) in [6, 6.07) is 14.3. The van der Waals surface area contributed by atoms with E-state index in [1.807, 2.05) is 30.3 Å². The number of anilines is 1. The van der Waals surface area contributed by atoms with Gasteiger partial charge in [-0.1, -0.05) is 52.7 Å². The fourth-order valence-electron chi connectivity index (χ4n) is 6.19. The first-order valence-corrected chi connectivity index (χ1v) is 16.6. The van der Waals surface area contributed by atoms with Crippen molar-refractivity contribution < 1.29 is 32.2 Å². The number of alkyl halides is 3. The Labute approximate surface area is 244 Å². The zero-order valence-electron chi connectivity index (χ0n) is 20.9. The molecule has 3 saturated heterocycles. The van der Waals surface area contributed by atoms with E-state index in [-0.39, 0.29) is 9.74 Å². The van der Waals surface area contributed by atoms with Gasteiger partial charge in [-0.25, -0.2) is 14.9 Å². The van der Waals surface area contributed by atoms with Gasteiger partial charge in [0.1, 0.15) is 0 Å². The number of hydrogen-bond acceptors (Lipinski definition) is 6. The lowest BCUT2D eigenvalue weighted by molar-refractivity contribution is -0.138. The number of benzene rings is 2. The summed E-state index contributed by atoms with van der Waals surface area (Å²) >= 11 is 3.82. The van der Waals surface area contributed by atoms with Crippen LogP contribution in [0.3, 0.4) is 0 Å². The van der Waals surface area contributed by atoms with E-state index in [4.69, 9.17) is 14.7 Å². The van der Waals surface area contributed by atoms with E-state index in [2.05, 4.69) is 22.4 Å². The van der Waals surface area contributed by atoms with Crippen LogP contribution in [0.2, 0.25) is 0 Å². The van der Waals surface area contributed by atoms with Crippen LogP contribution in [0.25, 0.3) is 0 Å². The number of halogens is 4. The van der Waals surface area contributed by atoms with Gasteiger partial charge < -0.3 is 9.39 Å². The van der Waals surface area contributed by atoms with E-state index in [9.17, 15) is 22.8 Å². The van der Waals surface area contributed by atoms with E-state index in [1.165, 1.54) is 6.07 Å². The smallest absolute Gasteiger partial charge is 0.420 e. The zero-order valence-corrected chi connectivity index (χ0v) is 24.7. The molecule has 6 nitrogen and oxygen atoms in total. The highest BCUT2D eigenvalue weighted by molar-refractivity contribution is 14.1. The number of nitriles is 1. The van der Waals surface area contributed by atoms with Gasteiger partial charge in [-0.3, -0.25) is 9.59 Å². The highest BCUT2D eigenvalue weighted by Gasteiger charge is 2.81. The summed E-state index contributed by atoms with van der Waals surface area (Å²) in [5.41, 5.74) is -0.843. The van der Waals surface area contributed by atoms with Crippen molar-refractivity contribution in [3.05, 3.63) is 65.2 Å². The molecule has 2 aromatic carbocycles. The zero-order chi connectivity index (χ0) is 28.0. The predicted octanol–water partition coefficient (Wildman–Crippen LogP) is 5.41. The van der Waals surface area contributed by atoms with Gasteiger partial charge in [0, 0.05) is 11.9 Å². The highest BCUT2D eigenvalue weighted by atomic mass is 127. The number of carbonyl (C=O) groups is 2. The van der Waals surface area contributed by atoms with Gasteiger partial charge in [-0.15, -0.1) is 0 Å². The van der Waals surface area contributed by atoms with Crippen molar-refractivity contribution in [1.82, 2.24) is 0 Å². The molecule has 0 saturated carbocycles. The molecular weight excluding hydrogens is 663 g/mol. The van der Waals surface area contributed by atoms with Crippen LogP contribution in [0.1, 0.15) is 23.1 Å². The summed E-state index contributed by atoms with van der Waals surface area (Å²) in [5.74, 6) is 0.819. The molecule has 3 heterocycles. The van der Waals surface area contributed by atoms with E-state index >= 15 is 0 Å². The third-order valence-corrected chi connectivity index (χ3v) is 16.3. The number of nitrogens with zero attached hydrogens (tertiary/aromatic N) is 2. The number of hydrogen-bond donors (Lipinski definition) is 0. The van der Waals surface area contributed by atoms with Crippen LogP contribution in [0.15, 0.2) is 48.5 Å². The summed E-state index contributed by atoms with van der Waals surface area (Å²) in [7, 11) is 0.0282. The van der Waals surface area contributed by atoms with Crippen molar-refractivity contribution in [2.75, 3.05) is 35.9 Å². The Kier molecular flexibility index (Phi) is 8.07. The molecule has 3 aliphatic rings. The van der Waals surface area contributed by atoms with Crippen LogP contribution in [0.5, 0.6) is 0 Å². The number of carbonyl (C=O) groups excluding carboxylic acids is 2. The lowest BCUT2D eigenvalue weighted by Gasteiger charge is -2.77. The van der Waals surface area contributed by atoms with Gasteiger partial charge in [0.05, 0.1) is 47.3 Å². The molecule has 0 aliphatic carbocycles. The first kappa shape index (κ1) is 28.8. The predicted molar refractivity (Wildman–Crippen MR) is 156 cm³/mol. The Morgan fingerprint density at radius 2 is 1.97 bits per heavy atom. The van der Waals surface area contributed by atoms with Crippen LogP contribution in [0, 0.1) is 17.2 Å². The monoisotopic (exact) mass is 688 g/mol. The van der Waals surface area contributed by atoms with Gasteiger partial charge in [0.25, 0.3) is 0 Å². The van der Waals surface area contributed by atoms with E-state index in [1.54, 1.807) is 24.8 Å². The average molecular weight is 688 g/mol. The fourth-order valence-corrected chi connectivity index (χ4v) is 13.9. The molecule has 0 spiro atoms. The van der Waals surface area contributed by atoms with Crippen molar-refractivity contribution in [3.63, 3.8) is 0 Å². The van der Waals surface area contributed by atoms with E-state index in [0.717, 1.165) is 46.3 Å². The second-order valence-electron chi connectivity index (χ2n) is 9.78. The Hall–Kier alpha value is -1.73. The quantitative estimate of drug-likeness (QED) is 0.189. The van der Waals surface area contributed by atoms with Gasteiger partial charge in [-0.2, -0.15) is 30.0 Å². The van der Waals surface area contributed by atoms with Crippen LogP contribution in [-0.4, -0.2) is 56.8 Å². The molecular formula is C26H25BF3IN2O4S2. The van der Waals surface area contributed by atoms with Gasteiger partial charge in [0.15, 0.2) is 0 Å². The van der Waals surface area contributed by atoms with E-state index in [0.29, 0.717) is 13.2 Å². The lowest BCUT2D eigenvalue weighted by Crippen LogP contribution is -2.73. The summed E-state index contributed by atoms with van der Waals surface area (Å²) < 4.78 is 52.0. The van der Waals surface area contributed by atoms with Crippen molar-refractivity contribution in [1.29, 1.82) is 5.26 Å². The largest absolute Gasteiger partial charge is 0.434 e. The highest BCUT2D eigenvalue weighted by Crippen LogP contribution is 2.86. The third-order valence-electron chi connectivity index (χ3n) is 8.03. The number of ether oxygens (including phenoxy) is 1. The first-order valence-electron chi connectivity index (χ1n) is 12.3. The molecule has 0 aromatic heterocycles. The molecule has 0 radical (unpaired) electrons. The molecule has 4 unspecified atom stereocenters. The molecule has 206 valence electrons. The molecule has 3 fully saturated rings. The molecule has 0 N–H and O–H groups in total. The van der Waals surface area contributed by atoms with Gasteiger partial charge >= 0.3 is 10.2 Å². The molecule has 3 aliphatic heterocycles. The summed E-state index contributed by atoms with van der Waals surface area (Å²) in [5, 5.41) is 8.64. The summed E-state index contributed by atoms with van der Waals surface area (Å²) in [6.45, 7) is 0.704. The second kappa shape index (κ2) is 10.9. The maximum atomic E-state index is 13.8.